The Hall–Kier alpha value is -1.00. The number of carbonyl (C=O) groups is 1. The van der Waals surface area contributed by atoms with Gasteiger partial charge in [0.1, 0.15) is 5.15 Å². The molecule has 124 valence electrons. The molecule has 0 aliphatic carbocycles. The maximum absolute atomic E-state index is 11.8. The first-order valence-electron chi connectivity index (χ1n) is 7.70. The van der Waals surface area contributed by atoms with Crippen LogP contribution >= 0.6 is 23.2 Å². The van der Waals surface area contributed by atoms with Gasteiger partial charge in [-0.15, -0.1) is 0 Å². The summed E-state index contributed by atoms with van der Waals surface area (Å²) < 4.78 is 10.6. The first-order valence-corrected chi connectivity index (χ1v) is 8.45. The van der Waals surface area contributed by atoms with Gasteiger partial charge < -0.3 is 9.47 Å². The number of hydrogen-bond donors (Lipinski definition) is 0. The molecule has 0 saturated heterocycles. The van der Waals surface area contributed by atoms with Crippen LogP contribution in [-0.4, -0.2) is 23.7 Å². The highest BCUT2D eigenvalue weighted by molar-refractivity contribution is 6.33. The van der Waals surface area contributed by atoms with Gasteiger partial charge in [0, 0.05) is 0 Å². The summed E-state index contributed by atoms with van der Waals surface area (Å²) in [7, 11) is 0. The van der Waals surface area contributed by atoms with E-state index in [-0.39, 0.29) is 10.3 Å². The number of hydrogen-bond acceptors (Lipinski definition) is 4. The van der Waals surface area contributed by atoms with Crippen LogP contribution in [0.2, 0.25) is 10.3 Å². The Labute approximate surface area is 142 Å². The van der Waals surface area contributed by atoms with Gasteiger partial charge in [0.15, 0.2) is 17.0 Å². The number of halogens is 2. The van der Waals surface area contributed by atoms with Crippen LogP contribution in [0, 0.1) is 0 Å². The SMILES string of the molecule is CCCCCCCCOC(=O)C(C)Oc1ccc(Cl)nc1Cl. The van der Waals surface area contributed by atoms with Crippen LogP contribution in [0.15, 0.2) is 12.1 Å². The number of aromatic nitrogens is 1. The highest BCUT2D eigenvalue weighted by Gasteiger charge is 2.18. The van der Waals surface area contributed by atoms with Crippen molar-refractivity contribution in [1.29, 1.82) is 0 Å². The van der Waals surface area contributed by atoms with E-state index in [2.05, 4.69) is 11.9 Å². The summed E-state index contributed by atoms with van der Waals surface area (Å²) in [4.78, 5) is 15.7. The van der Waals surface area contributed by atoms with Crippen molar-refractivity contribution in [3.05, 3.63) is 22.4 Å². The van der Waals surface area contributed by atoms with Crippen LogP contribution in [0.3, 0.4) is 0 Å². The Bertz CT molecular complexity index is 469. The van der Waals surface area contributed by atoms with Gasteiger partial charge in [-0.3, -0.25) is 0 Å². The first kappa shape index (κ1) is 19.0. The summed E-state index contributed by atoms with van der Waals surface area (Å²) in [6.45, 7) is 4.23. The zero-order valence-corrected chi connectivity index (χ0v) is 14.6. The van der Waals surface area contributed by atoms with Crippen molar-refractivity contribution in [3.63, 3.8) is 0 Å². The standard InChI is InChI=1S/C16H23Cl2NO3/c1-3-4-5-6-7-8-11-21-16(20)12(2)22-13-9-10-14(17)19-15(13)18/h9-10,12H,3-8,11H2,1-2H3. The normalized spacial score (nSPS) is 12.0. The molecule has 6 heteroatoms. The predicted octanol–water partition coefficient (Wildman–Crippen LogP) is 5.06. The number of esters is 1. The molecule has 0 fully saturated rings. The van der Waals surface area contributed by atoms with Crippen molar-refractivity contribution in [2.45, 2.75) is 58.5 Å². The van der Waals surface area contributed by atoms with E-state index in [0.29, 0.717) is 12.4 Å². The Morgan fingerprint density at radius 1 is 1.18 bits per heavy atom. The van der Waals surface area contributed by atoms with Crippen molar-refractivity contribution >= 4 is 29.2 Å². The molecule has 0 aliphatic heterocycles. The lowest BCUT2D eigenvalue weighted by Gasteiger charge is -2.14. The fourth-order valence-electron chi connectivity index (χ4n) is 1.90. The molecule has 0 aliphatic rings. The molecule has 1 aromatic heterocycles. The van der Waals surface area contributed by atoms with E-state index < -0.39 is 12.1 Å². The summed E-state index contributed by atoms with van der Waals surface area (Å²) in [5.74, 6) is -0.0883. The molecule has 1 unspecified atom stereocenters. The molecular weight excluding hydrogens is 325 g/mol. The smallest absolute Gasteiger partial charge is 0.347 e. The Balaban J connectivity index is 2.24. The zero-order chi connectivity index (χ0) is 16.4. The van der Waals surface area contributed by atoms with Gasteiger partial charge in [-0.25, -0.2) is 9.78 Å². The molecular formula is C16H23Cl2NO3. The van der Waals surface area contributed by atoms with Gasteiger partial charge in [0.25, 0.3) is 0 Å². The summed E-state index contributed by atoms with van der Waals surface area (Å²) in [6, 6.07) is 3.13. The van der Waals surface area contributed by atoms with Gasteiger partial charge in [0.05, 0.1) is 6.61 Å². The van der Waals surface area contributed by atoms with Crippen LogP contribution in [0.4, 0.5) is 0 Å². The van der Waals surface area contributed by atoms with Crippen molar-refractivity contribution in [1.82, 2.24) is 4.98 Å². The Morgan fingerprint density at radius 3 is 2.55 bits per heavy atom. The predicted molar refractivity (Wildman–Crippen MR) is 88.7 cm³/mol. The van der Waals surface area contributed by atoms with Gasteiger partial charge in [0.2, 0.25) is 0 Å². The van der Waals surface area contributed by atoms with Crippen molar-refractivity contribution in [2.24, 2.45) is 0 Å². The van der Waals surface area contributed by atoms with E-state index in [0.717, 1.165) is 12.8 Å². The van der Waals surface area contributed by atoms with E-state index in [4.69, 9.17) is 32.7 Å². The molecule has 1 heterocycles. The van der Waals surface area contributed by atoms with E-state index in [1.165, 1.54) is 25.7 Å². The minimum Gasteiger partial charge on any atom is -0.476 e. The molecule has 0 radical (unpaired) electrons. The maximum Gasteiger partial charge on any atom is 0.347 e. The Morgan fingerprint density at radius 2 is 1.86 bits per heavy atom. The van der Waals surface area contributed by atoms with E-state index >= 15 is 0 Å². The number of nitrogens with zero attached hydrogens (tertiary/aromatic N) is 1. The minimum absolute atomic E-state index is 0.128. The monoisotopic (exact) mass is 347 g/mol. The zero-order valence-electron chi connectivity index (χ0n) is 13.1. The van der Waals surface area contributed by atoms with Gasteiger partial charge in [-0.1, -0.05) is 62.2 Å². The van der Waals surface area contributed by atoms with E-state index in [1.807, 2.05) is 0 Å². The first-order chi connectivity index (χ1) is 10.5. The number of unbranched alkanes of at least 4 members (excludes halogenated alkanes) is 5. The van der Waals surface area contributed by atoms with E-state index in [9.17, 15) is 4.79 Å². The molecule has 0 spiro atoms. The van der Waals surface area contributed by atoms with Crippen LogP contribution < -0.4 is 4.74 Å². The lowest BCUT2D eigenvalue weighted by atomic mass is 10.1. The molecule has 0 bridgehead atoms. The topological polar surface area (TPSA) is 48.4 Å². The second kappa shape index (κ2) is 10.7. The van der Waals surface area contributed by atoms with Gasteiger partial charge in [-0.05, 0) is 25.5 Å². The molecule has 0 saturated carbocycles. The minimum atomic E-state index is -0.736. The molecule has 0 aromatic carbocycles. The molecule has 1 atom stereocenters. The molecule has 0 N–H and O–H groups in total. The fourth-order valence-corrected chi connectivity index (χ4v) is 2.29. The largest absolute Gasteiger partial charge is 0.476 e. The number of rotatable bonds is 10. The molecule has 1 rings (SSSR count). The van der Waals surface area contributed by atoms with Crippen LogP contribution in [0.25, 0.3) is 0 Å². The van der Waals surface area contributed by atoms with Crippen molar-refractivity contribution < 1.29 is 14.3 Å². The molecule has 1 aromatic rings. The summed E-state index contributed by atoms with van der Waals surface area (Å²) in [5.41, 5.74) is 0. The van der Waals surface area contributed by atoms with Crippen LogP contribution in [0.1, 0.15) is 52.4 Å². The summed E-state index contributed by atoms with van der Waals surface area (Å²) in [5, 5.41) is 0.402. The Kier molecular flexibility index (Phi) is 9.25. The van der Waals surface area contributed by atoms with Crippen LogP contribution in [-0.2, 0) is 9.53 Å². The lowest BCUT2D eigenvalue weighted by molar-refractivity contribution is -0.151. The summed E-state index contributed by atoms with van der Waals surface area (Å²) in [6.07, 6.45) is 6.14. The van der Waals surface area contributed by atoms with Gasteiger partial charge in [-0.2, -0.15) is 0 Å². The van der Waals surface area contributed by atoms with Gasteiger partial charge >= 0.3 is 5.97 Å². The van der Waals surface area contributed by atoms with Crippen molar-refractivity contribution in [3.8, 4) is 5.75 Å². The second-order valence-corrected chi connectivity index (χ2v) is 5.86. The number of pyridine rings is 1. The third-order valence-corrected chi connectivity index (χ3v) is 3.64. The molecule has 0 amide bonds. The number of ether oxygens (including phenoxy) is 2. The molecule has 22 heavy (non-hydrogen) atoms. The third kappa shape index (κ3) is 7.32. The average molecular weight is 348 g/mol. The summed E-state index contributed by atoms with van der Waals surface area (Å²) >= 11 is 11.6. The maximum atomic E-state index is 11.8. The third-order valence-electron chi connectivity index (χ3n) is 3.16. The van der Waals surface area contributed by atoms with E-state index in [1.54, 1.807) is 19.1 Å². The second-order valence-electron chi connectivity index (χ2n) is 5.12. The van der Waals surface area contributed by atoms with Crippen molar-refractivity contribution in [2.75, 3.05) is 6.61 Å². The molecule has 4 nitrogen and oxygen atoms in total. The van der Waals surface area contributed by atoms with Crippen LogP contribution in [0.5, 0.6) is 5.75 Å². The number of carbonyl (C=O) groups excluding carboxylic acids is 1. The average Bonchev–Trinajstić information content (AvgIpc) is 2.48. The fraction of sp³-hybridized carbons (Fsp3) is 0.625. The highest BCUT2D eigenvalue weighted by Crippen LogP contribution is 2.25. The highest BCUT2D eigenvalue weighted by atomic mass is 35.5. The lowest BCUT2D eigenvalue weighted by Crippen LogP contribution is -2.26. The quantitative estimate of drug-likeness (QED) is 0.337.